The third-order valence-electron chi connectivity index (χ3n) is 3.38. The van der Waals surface area contributed by atoms with E-state index in [-0.39, 0.29) is 17.7 Å². The molecular formula is C13H18N2O2. The van der Waals surface area contributed by atoms with Crippen LogP contribution in [0.1, 0.15) is 36.0 Å². The molecule has 1 saturated carbocycles. The monoisotopic (exact) mass is 234 g/mol. The zero-order valence-electron chi connectivity index (χ0n) is 10.1. The summed E-state index contributed by atoms with van der Waals surface area (Å²) in [6.07, 6.45) is 6.86. The molecule has 1 fully saturated rings. The number of aromatic nitrogens is 1. The Kier molecular flexibility index (Phi) is 3.74. The Morgan fingerprint density at radius 3 is 2.71 bits per heavy atom. The first kappa shape index (κ1) is 12.0. The molecule has 92 valence electrons. The summed E-state index contributed by atoms with van der Waals surface area (Å²) < 4.78 is 5.07. The average Bonchev–Trinajstić information content (AvgIpc) is 2.39. The van der Waals surface area contributed by atoms with E-state index >= 15 is 0 Å². The van der Waals surface area contributed by atoms with Crippen molar-refractivity contribution in [3.63, 3.8) is 0 Å². The van der Waals surface area contributed by atoms with E-state index in [2.05, 4.69) is 4.98 Å². The van der Waals surface area contributed by atoms with Gasteiger partial charge in [-0.05, 0) is 31.7 Å². The molecule has 0 saturated heterocycles. The van der Waals surface area contributed by atoms with E-state index in [4.69, 9.17) is 10.5 Å². The third-order valence-corrected chi connectivity index (χ3v) is 3.38. The molecule has 4 heteroatoms. The number of pyridine rings is 1. The molecule has 0 atom stereocenters. The maximum Gasteiger partial charge on any atom is 0.167 e. The zero-order valence-corrected chi connectivity index (χ0v) is 10.1. The molecule has 1 aromatic rings. The Labute approximate surface area is 101 Å². The predicted molar refractivity (Wildman–Crippen MR) is 65.1 cm³/mol. The van der Waals surface area contributed by atoms with Crippen molar-refractivity contribution in [1.82, 2.24) is 4.98 Å². The summed E-state index contributed by atoms with van der Waals surface area (Å²) in [4.78, 5) is 16.3. The first-order chi connectivity index (χ1) is 8.20. The van der Waals surface area contributed by atoms with Gasteiger partial charge in [0.15, 0.2) is 5.78 Å². The number of nitrogens with two attached hydrogens (primary N) is 1. The first-order valence-corrected chi connectivity index (χ1v) is 5.99. The molecule has 0 amide bonds. The van der Waals surface area contributed by atoms with Crippen LogP contribution in [0.5, 0.6) is 5.75 Å². The second kappa shape index (κ2) is 5.27. The van der Waals surface area contributed by atoms with Gasteiger partial charge in [-0.1, -0.05) is 0 Å². The third kappa shape index (κ3) is 2.82. The van der Waals surface area contributed by atoms with Crippen molar-refractivity contribution in [3.05, 3.63) is 24.0 Å². The van der Waals surface area contributed by atoms with E-state index in [0.29, 0.717) is 11.3 Å². The van der Waals surface area contributed by atoms with Crippen LogP contribution in [0, 0.1) is 5.92 Å². The topological polar surface area (TPSA) is 65.2 Å². The maximum atomic E-state index is 12.2. The van der Waals surface area contributed by atoms with Crippen LogP contribution in [0.25, 0.3) is 0 Å². The van der Waals surface area contributed by atoms with Gasteiger partial charge in [0.1, 0.15) is 5.75 Å². The van der Waals surface area contributed by atoms with Gasteiger partial charge in [0.2, 0.25) is 0 Å². The Balaban J connectivity index is 2.08. The van der Waals surface area contributed by atoms with E-state index in [1.54, 1.807) is 25.6 Å². The van der Waals surface area contributed by atoms with Gasteiger partial charge in [0, 0.05) is 23.7 Å². The number of ether oxygens (including phenoxy) is 1. The molecule has 1 aromatic heterocycles. The molecule has 4 nitrogen and oxygen atoms in total. The second-order valence-electron chi connectivity index (χ2n) is 4.59. The van der Waals surface area contributed by atoms with Crippen LogP contribution in [0.2, 0.25) is 0 Å². The maximum absolute atomic E-state index is 12.2. The van der Waals surface area contributed by atoms with Gasteiger partial charge in [-0.2, -0.15) is 0 Å². The van der Waals surface area contributed by atoms with Crippen LogP contribution in [-0.2, 0) is 0 Å². The molecule has 17 heavy (non-hydrogen) atoms. The van der Waals surface area contributed by atoms with Crippen LogP contribution >= 0.6 is 0 Å². The lowest BCUT2D eigenvalue weighted by atomic mass is 9.82. The lowest BCUT2D eigenvalue weighted by molar-refractivity contribution is 0.0884. The summed E-state index contributed by atoms with van der Waals surface area (Å²) in [5.74, 6) is 0.898. The van der Waals surface area contributed by atoms with Crippen molar-refractivity contribution in [3.8, 4) is 5.75 Å². The van der Waals surface area contributed by atoms with Crippen LogP contribution in [0.4, 0.5) is 0 Å². The number of rotatable bonds is 3. The molecule has 2 N–H and O–H groups in total. The van der Waals surface area contributed by atoms with Gasteiger partial charge in [0.05, 0.1) is 13.3 Å². The van der Waals surface area contributed by atoms with Gasteiger partial charge >= 0.3 is 0 Å². The quantitative estimate of drug-likeness (QED) is 0.810. The van der Waals surface area contributed by atoms with Crippen molar-refractivity contribution < 1.29 is 9.53 Å². The standard InChI is InChI=1S/C13H18N2O2/c1-17-12-6-10(7-15-8-12)13(16)9-2-4-11(14)5-3-9/h6-9,11H,2-5,14H2,1H3. The molecule has 0 aliphatic heterocycles. The van der Waals surface area contributed by atoms with Crippen LogP contribution in [-0.4, -0.2) is 23.9 Å². The normalized spacial score (nSPS) is 24.4. The molecule has 2 rings (SSSR count). The van der Waals surface area contributed by atoms with Crippen molar-refractivity contribution in [2.45, 2.75) is 31.7 Å². The largest absolute Gasteiger partial charge is 0.495 e. The molecule has 0 radical (unpaired) electrons. The summed E-state index contributed by atoms with van der Waals surface area (Å²) in [6.45, 7) is 0. The first-order valence-electron chi connectivity index (χ1n) is 5.99. The van der Waals surface area contributed by atoms with E-state index in [9.17, 15) is 4.79 Å². The fraction of sp³-hybridized carbons (Fsp3) is 0.538. The predicted octanol–water partition coefficient (Wildman–Crippen LogP) is 1.79. The minimum atomic E-state index is 0.101. The summed E-state index contributed by atoms with van der Waals surface area (Å²) in [5, 5.41) is 0. The van der Waals surface area contributed by atoms with E-state index in [1.165, 1.54) is 0 Å². The van der Waals surface area contributed by atoms with Gasteiger partial charge < -0.3 is 10.5 Å². The van der Waals surface area contributed by atoms with Crippen LogP contribution in [0.15, 0.2) is 18.5 Å². The highest BCUT2D eigenvalue weighted by Gasteiger charge is 2.25. The summed E-state index contributed by atoms with van der Waals surface area (Å²) >= 11 is 0. The van der Waals surface area contributed by atoms with Gasteiger partial charge in [0.25, 0.3) is 0 Å². The van der Waals surface area contributed by atoms with Crippen molar-refractivity contribution in [2.24, 2.45) is 11.7 Å². The molecule has 0 unspecified atom stereocenters. The number of nitrogens with zero attached hydrogens (tertiary/aromatic N) is 1. The highest BCUT2D eigenvalue weighted by atomic mass is 16.5. The molecule has 0 spiro atoms. The fourth-order valence-corrected chi connectivity index (χ4v) is 2.28. The number of ketones is 1. The smallest absolute Gasteiger partial charge is 0.167 e. The summed E-state index contributed by atoms with van der Waals surface area (Å²) in [6, 6.07) is 2.02. The second-order valence-corrected chi connectivity index (χ2v) is 4.59. The number of hydrogen-bond acceptors (Lipinski definition) is 4. The van der Waals surface area contributed by atoms with Gasteiger partial charge in [-0.25, -0.2) is 0 Å². The zero-order chi connectivity index (χ0) is 12.3. The Hall–Kier alpha value is -1.42. The minimum Gasteiger partial charge on any atom is -0.495 e. The molecule has 1 heterocycles. The summed E-state index contributed by atoms with van der Waals surface area (Å²) in [5.41, 5.74) is 6.48. The number of carbonyl (C=O) groups is 1. The Morgan fingerprint density at radius 2 is 2.06 bits per heavy atom. The lowest BCUT2D eigenvalue weighted by Crippen LogP contribution is -2.29. The van der Waals surface area contributed by atoms with Gasteiger partial charge in [-0.3, -0.25) is 9.78 Å². The van der Waals surface area contributed by atoms with Crippen LogP contribution in [0.3, 0.4) is 0 Å². The molecule has 0 bridgehead atoms. The van der Waals surface area contributed by atoms with Crippen molar-refractivity contribution >= 4 is 5.78 Å². The number of hydrogen-bond donors (Lipinski definition) is 1. The average molecular weight is 234 g/mol. The highest BCUT2D eigenvalue weighted by molar-refractivity contribution is 5.97. The fourth-order valence-electron chi connectivity index (χ4n) is 2.28. The van der Waals surface area contributed by atoms with Crippen molar-refractivity contribution in [2.75, 3.05) is 7.11 Å². The Bertz CT molecular complexity index is 398. The lowest BCUT2D eigenvalue weighted by Gasteiger charge is -2.24. The van der Waals surface area contributed by atoms with E-state index in [0.717, 1.165) is 25.7 Å². The molecule has 0 aromatic carbocycles. The molecule has 1 aliphatic rings. The van der Waals surface area contributed by atoms with Crippen LogP contribution < -0.4 is 10.5 Å². The number of Topliss-reactive ketones (excluding diaryl/α,β-unsaturated/α-hetero) is 1. The summed E-state index contributed by atoms with van der Waals surface area (Å²) in [7, 11) is 1.57. The SMILES string of the molecule is COc1cncc(C(=O)C2CCC(N)CC2)c1. The number of carbonyl (C=O) groups excluding carboxylic acids is 1. The van der Waals surface area contributed by atoms with E-state index < -0.39 is 0 Å². The molecular weight excluding hydrogens is 216 g/mol. The van der Waals surface area contributed by atoms with Gasteiger partial charge in [-0.15, -0.1) is 0 Å². The molecule has 1 aliphatic carbocycles. The highest BCUT2D eigenvalue weighted by Crippen LogP contribution is 2.27. The minimum absolute atomic E-state index is 0.101. The van der Waals surface area contributed by atoms with E-state index in [1.807, 2.05) is 0 Å². The van der Waals surface area contributed by atoms with Crippen molar-refractivity contribution in [1.29, 1.82) is 0 Å². The number of methoxy groups -OCH3 is 1. The Morgan fingerprint density at radius 1 is 1.35 bits per heavy atom.